The van der Waals surface area contributed by atoms with Crippen molar-refractivity contribution in [1.29, 1.82) is 0 Å². The second-order valence-electron chi connectivity index (χ2n) is 28.0. The molecule has 1 unspecified atom stereocenters. The Hall–Kier alpha value is -11.5. The number of nitrogens with zero attached hydrogens (tertiary/aromatic N) is 12. The molecule has 9 aromatic heterocycles. The SMILES string of the molecule is CCOCOc1c(OC)cccc1-c1ccncc1.COc1ccc(-c2ccnc3ccccc23)cc1.Cc1c(-c2ccncc2)c(=O)n(-c2ccccc2)n1C.Cc1ccncc1-c1nsnc1Cl.Cc1nc(C)c(C2=NC(C)(C)CO2)c(-c2ccccc2)c1C.O=C1CCCCC1c1ccncc1.c1cc(C2SCCCS2)ccn1. The van der Waals surface area contributed by atoms with Gasteiger partial charge in [0.15, 0.2) is 23.4 Å². The molecule has 11 heterocycles. The lowest BCUT2D eigenvalue weighted by atomic mass is 9.83. The lowest BCUT2D eigenvalue weighted by Crippen LogP contribution is -2.20. The summed E-state index contributed by atoms with van der Waals surface area (Å²) in [6, 6.07) is 61.8. The number of hydrogen-bond acceptors (Lipinski definition) is 20. The minimum atomic E-state index is -0.172. The maximum atomic E-state index is 12.7. The zero-order valence-corrected chi connectivity index (χ0v) is 71.0. The first-order valence-corrected chi connectivity index (χ1v) is 41.9. The molecular weight excluding hydrogens is 1540 g/mol. The van der Waals surface area contributed by atoms with Crippen molar-refractivity contribution < 1.29 is 28.5 Å². The summed E-state index contributed by atoms with van der Waals surface area (Å²) >= 11 is 11.1. The van der Waals surface area contributed by atoms with Gasteiger partial charge >= 0.3 is 0 Å². The molecule has 600 valence electrons. The van der Waals surface area contributed by atoms with Gasteiger partial charge in [-0.05, 0) is 233 Å². The third kappa shape index (κ3) is 23.2. The van der Waals surface area contributed by atoms with Crippen molar-refractivity contribution in [3.8, 4) is 78.7 Å². The van der Waals surface area contributed by atoms with Crippen molar-refractivity contribution in [3.05, 3.63) is 317 Å². The summed E-state index contributed by atoms with van der Waals surface area (Å²) in [5.74, 6) is 6.13. The Kier molecular flexibility index (Phi) is 32.0. The van der Waals surface area contributed by atoms with Gasteiger partial charge in [-0.1, -0.05) is 109 Å². The highest BCUT2D eigenvalue weighted by atomic mass is 35.5. The van der Waals surface area contributed by atoms with Crippen molar-refractivity contribution >= 4 is 69.4 Å². The second kappa shape index (κ2) is 43.4. The van der Waals surface area contributed by atoms with Crippen LogP contribution in [0.4, 0.5) is 0 Å². The van der Waals surface area contributed by atoms with Crippen LogP contribution in [0.2, 0.25) is 5.15 Å². The number of carbonyl (C=O) groups excluding carboxylic acids is 1. The maximum absolute atomic E-state index is 12.7. The standard InChI is InChI=1S/C19H22N2O.C16H15N3O.C16H13NO.C15H17NO3.C11H13NO.C9H11NS2.C8H6ClN3S/c1-12-13(2)20-14(3)17(18-21-19(4,5)11-22-18)16(12)15-9-7-6-8-10-15;1-12-15(13-8-10-17-11-9-13)16(20)19(18(12)2)14-6-4-3-5-7-14;1-18-13-8-6-12(7-9-13)14-10-11-17-16-5-3-2-4-15(14)16;1-3-18-11-19-15-13(5-4-6-14(15)17-2)12-7-9-16-10-8-12;13-11-4-2-1-3-10(11)9-5-7-12-8-6-9;1-6-11-9(12-7-1)8-2-4-10-5-3-8;1-5-2-3-10-4-6(5)7-8(9)12-13-11-7/h6-10H,11H2,1-5H3;3-11H,1-2H3;2-11H,1H3;4-10H,3,11H2,1-2H3;5-8,10H,1-4H2;2-5,9H,1,6-7H2;2-4H,1H3. The number of halogens is 1. The molecule has 1 atom stereocenters. The molecule has 0 N–H and O–H groups in total. The largest absolute Gasteiger partial charge is 0.497 e. The Labute approximate surface area is 702 Å². The van der Waals surface area contributed by atoms with Gasteiger partial charge in [0.05, 0.1) is 64.1 Å². The van der Waals surface area contributed by atoms with E-state index in [0.29, 0.717) is 40.2 Å². The number of aryl methyl sites for hydroxylation is 3. The normalized spacial score (nSPS) is 13.9. The number of benzene rings is 5. The molecule has 17 rings (SSSR count). The molecule has 5 aromatic carbocycles. The molecular formula is C94H97ClN12O7S3. The van der Waals surface area contributed by atoms with Gasteiger partial charge in [0.1, 0.15) is 23.8 Å². The predicted octanol–water partition coefficient (Wildman–Crippen LogP) is 21.6. The number of thioether (sulfide) groups is 2. The van der Waals surface area contributed by atoms with Crippen molar-refractivity contribution in [3.63, 3.8) is 0 Å². The number of rotatable bonds is 15. The van der Waals surface area contributed by atoms with Gasteiger partial charge < -0.3 is 23.7 Å². The predicted molar refractivity (Wildman–Crippen MR) is 476 cm³/mol. The molecule has 0 spiro atoms. The van der Waals surface area contributed by atoms with Crippen molar-refractivity contribution in [2.75, 3.05) is 45.7 Å². The fourth-order valence-electron chi connectivity index (χ4n) is 13.4. The van der Waals surface area contributed by atoms with E-state index in [1.165, 1.54) is 63.1 Å². The van der Waals surface area contributed by atoms with E-state index in [1.54, 1.807) is 68.5 Å². The van der Waals surface area contributed by atoms with Crippen LogP contribution in [0.5, 0.6) is 17.2 Å². The highest BCUT2D eigenvalue weighted by molar-refractivity contribution is 8.16. The van der Waals surface area contributed by atoms with E-state index < -0.39 is 0 Å². The number of aliphatic imine (C=N–C) groups is 1. The molecule has 1 saturated carbocycles. The summed E-state index contributed by atoms with van der Waals surface area (Å²) < 4.78 is 39.6. The summed E-state index contributed by atoms with van der Waals surface area (Å²) in [5, 5.41) is 1.62. The summed E-state index contributed by atoms with van der Waals surface area (Å²) in [5.41, 5.74) is 20.5. The van der Waals surface area contributed by atoms with Crippen LogP contribution in [0.3, 0.4) is 0 Å². The quantitative estimate of drug-likeness (QED) is 0.0688. The molecule has 3 aliphatic rings. The number of ketones is 1. The van der Waals surface area contributed by atoms with Crippen LogP contribution < -0.4 is 19.8 Å². The monoisotopic (exact) mass is 1640 g/mol. The Morgan fingerprint density at radius 2 is 1.19 bits per heavy atom. The Morgan fingerprint density at radius 1 is 0.573 bits per heavy atom. The second-order valence-corrected chi connectivity index (χ2v) is 31.6. The van der Waals surface area contributed by atoms with E-state index in [9.17, 15) is 9.59 Å². The van der Waals surface area contributed by atoms with Crippen molar-refractivity contribution in [2.24, 2.45) is 12.0 Å². The van der Waals surface area contributed by atoms with Crippen molar-refractivity contribution in [1.82, 2.24) is 53.0 Å². The van der Waals surface area contributed by atoms with Gasteiger partial charge in [-0.15, -0.1) is 23.5 Å². The zero-order valence-electron chi connectivity index (χ0n) is 67.8. The van der Waals surface area contributed by atoms with Gasteiger partial charge in [-0.3, -0.25) is 49.2 Å². The molecule has 19 nitrogen and oxygen atoms in total. The topological polar surface area (TPSA) is 219 Å². The molecule has 1 aliphatic carbocycles. The van der Waals surface area contributed by atoms with Gasteiger partial charge in [0.2, 0.25) is 5.90 Å². The van der Waals surface area contributed by atoms with Gasteiger partial charge in [0.25, 0.3) is 5.56 Å². The number of fused-ring (bicyclic) bond motifs is 1. The fourth-order valence-corrected chi connectivity index (χ4v) is 17.0. The molecule has 0 bridgehead atoms. The zero-order chi connectivity index (χ0) is 82.5. The first-order valence-electron chi connectivity index (χ1n) is 38.7. The van der Waals surface area contributed by atoms with Crippen LogP contribution in [0, 0.1) is 34.6 Å². The highest BCUT2D eigenvalue weighted by Gasteiger charge is 2.31. The van der Waals surface area contributed by atoms with Gasteiger partial charge in [-0.25, -0.2) is 9.67 Å². The van der Waals surface area contributed by atoms with Crippen LogP contribution in [-0.2, 0) is 21.3 Å². The maximum Gasteiger partial charge on any atom is 0.279 e. The van der Waals surface area contributed by atoms with E-state index >= 15 is 0 Å². The summed E-state index contributed by atoms with van der Waals surface area (Å²) in [4.78, 5) is 58.2. The number of aromatic nitrogens is 11. The number of para-hydroxylation sites is 3. The van der Waals surface area contributed by atoms with E-state index in [0.717, 1.165) is 121 Å². The van der Waals surface area contributed by atoms with Crippen LogP contribution in [0.1, 0.15) is 108 Å². The molecule has 23 heteroatoms. The van der Waals surface area contributed by atoms with E-state index in [1.807, 2.05) is 191 Å². The Balaban J connectivity index is 0.000000135. The van der Waals surface area contributed by atoms with Gasteiger partial charge in [0, 0.05) is 128 Å². The number of methoxy groups -OCH3 is 2. The molecule has 0 amide bonds. The average Bonchev–Trinajstić information content (AvgIpc) is 1.55. The average molecular weight is 1640 g/mol. The minimum absolute atomic E-state index is 0.0117. The molecule has 2 aliphatic heterocycles. The smallest absolute Gasteiger partial charge is 0.279 e. The first kappa shape index (κ1) is 86.3. The molecule has 0 radical (unpaired) electrons. The van der Waals surface area contributed by atoms with E-state index in [2.05, 4.69) is 144 Å². The number of hydrogen-bond donors (Lipinski definition) is 0. The number of pyridine rings is 7. The lowest BCUT2D eigenvalue weighted by Gasteiger charge is -2.20. The first-order chi connectivity index (χ1) is 57.0. The molecule has 14 aromatic rings. The number of Topliss-reactive ketones (excluding diaryl/α,β-unsaturated/α-hetero) is 1. The van der Waals surface area contributed by atoms with Crippen molar-refractivity contribution in [2.45, 2.75) is 104 Å². The van der Waals surface area contributed by atoms with Crippen LogP contribution in [-0.4, -0.2) is 116 Å². The molecule has 2 fully saturated rings. The summed E-state index contributed by atoms with van der Waals surface area (Å²) in [7, 11) is 5.20. The third-order valence-corrected chi connectivity index (χ3v) is 23.5. The minimum Gasteiger partial charge on any atom is -0.497 e. The van der Waals surface area contributed by atoms with E-state index in [-0.39, 0.29) is 23.8 Å². The lowest BCUT2D eigenvalue weighted by molar-refractivity contribution is -0.121. The fraction of sp³-hybridized carbons (Fsp3) is 0.255. The molecule has 1 saturated heterocycles. The van der Waals surface area contributed by atoms with E-state index in [4.69, 9.17) is 45.3 Å². The Bertz CT molecular complexity index is 5500. The van der Waals surface area contributed by atoms with Gasteiger partial charge in [-0.2, -0.15) is 8.75 Å². The Morgan fingerprint density at radius 3 is 1.80 bits per heavy atom. The third-order valence-electron chi connectivity index (χ3n) is 19.6. The van der Waals surface area contributed by atoms with Crippen LogP contribution >= 0.6 is 46.9 Å². The molecule has 117 heavy (non-hydrogen) atoms. The highest BCUT2D eigenvalue weighted by Crippen LogP contribution is 2.44. The summed E-state index contributed by atoms with van der Waals surface area (Å²) in [6.45, 7) is 17.7. The summed E-state index contributed by atoms with van der Waals surface area (Å²) in [6.07, 6.45) is 24.9. The number of ether oxygens (including phenoxy) is 5. The van der Waals surface area contributed by atoms with Crippen LogP contribution in [0.25, 0.3) is 72.4 Å². The number of carbonyl (C=O) groups is 1. The van der Waals surface area contributed by atoms with Crippen LogP contribution in [0.15, 0.2) is 266 Å².